The molecule has 3 N–H and O–H groups in total. The molecule has 3 rings (SSSR count). The smallest absolute Gasteiger partial charge is 0.199 e. The molecule has 0 aliphatic heterocycles. The average molecular weight is 281 g/mol. The highest BCUT2D eigenvalue weighted by Gasteiger charge is 2.12. The van der Waals surface area contributed by atoms with Crippen LogP contribution in [0.4, 0.5) is 5.82 Å². The zero-order valence-corrected chi connectivity index (χ0v) is 11.7. The minimum atomic E-state index is 0.309. The van der Waals surface area contributed by atoms with Crippen LogP contribution in [0.1, 0.15) is 32.0 Å². The maximum absolute atomic E-state index is 5.93. The van der Waals surface area contributed by atoms with Crippen molar-refractivity contribution in [2.24, 2.45) is 0 Å². The first-order valence-electron chi connectivity index (χ1n) is 6.84. The standard InChI is InChI=1S/C15H15N5O/c1-2-3-4-5-8-11-17-12-13(16)19-14(20-15(12)18-11)10-7-6-9-21-10/h6-7,9H,2-4H2,1H3,(H3,16,17,18,19,20). The number of furan rings is 1. The largest absolute Gasteiger partial charge is 0.461 e. The van der Waals surface area contributed by atoms with E-state index in [1.54, 1.807) is 18.4 Å². The van der Waals surface area contributed by atoms with Crippen molar-refractivity contribution in [3.8, 4) is 23.4 Å². The van der Waals surface area contributed by atoms with E-state index in [-0.39, 0.29) is 0 Å². The molecule has 0 aromatic carbocycles. The van der Waals surface area contributed by atoms with E-state index in [0.717, 1.165) is 19.3 Å². The quantitative estimate of drug-likeness (QED) is 0.568. The van der Waals surface area contributed by atoms with Gasteiger partial charge in [-0.15, -0.1) is 0 Å². The molecular weight excluding hydrogens is 266 g/mol. The van der Waals surface area contributed by atoms with Crippen LogP contribution in [0.2, 0.25) is 0 Å². The van der Waals surface area contributed by atoms with Gasteiger partial charge in [-0.25, -0.2) is 15.0 Å². The van der Waals surface area contributed by atoms with Crippen molar-refractivity contribution >= 4 is 17.0 Å². The number of hydrogen-bond acceptors (Lipinski definition) is 5. The number of aromatic amines is 1. The Bertz CT molecular complexity index is 808. The van der Waals surface area contributed by atoms with Crippen LogP contribution in [0.15, 0.2) is 22.8 Å². The topological polar surface area (TPSA) is 93.6 Å². The van der Waals surface area contributed by atoms with E-state index in [4.69, 9.17) is 10.2 Å². The van der Waals surface area contributed by atoms with Gasteiger partial charge in [-0.05, 0) is 24.5 Å². The third-order valence-corrected chi connectivity index (χ3v) is 2.98. The number of hydrogen-bond donors (Lipinski definition) is 2. The van der Waals surface area contributed by atoms with Crippen molar-refractivity contribution < 1.29 is 4.42 Å². The van der Waals surface area contributed by atoms with Gasteiger partial charge in [0.15, 0.2) is 34.4 Å². The lowest BCUT2D eigenvalue weighted by Crippen LogP contribution is -1.96. The molecule has 0 saturated heterocycles. The fourth-order valence-electron chi connectivity index (χ4n) is 1.91. The fraction of sp³-hybridized carbons (Fsp3) is 0.267. The normalized spacial score (nSPS) is 10.5. The molecule has 106 valence electrons. The molecule has 0 aliphatic rings. The number of unbranched alkanes of at least 4 members (excludes halogenated alkanes) is 2. The summed E-state index contributed by atoms with van der Waals surface area (Å²) in [6.45, 7) is 2.13. The van der Waals surface area contributed by atoms with Gasteiger partial charge in [-0.2, -0.15) is 0 Å². The van der Waals surface area contributed by atoms with Gasteiger partial charge in [0.1, 0.15) is 0 Å². The molecule has 3 aromatic rings. The van der Waals surface area contributed by atoms with Gasteiger partial charge in [-0.3, -0.25) is 0 Å². The van der Waals surface area contributed by atoms with Crippen molar-refractivity contribution in [2.45, 2.75) is 26.2 Å². The molecule has 0 aliphatic carbocycles. The summed E-state index contributed by atoms with van der Waals surface area (Å²) in [5, 5.41) is 0. The first kappa shape index (κ1) is 13.2. The highest BCUT2D eigenvalue weighted by atomic mass is 16.3. The lowest BCUT2D eigenvalue weighted by atomic mass is 10.2. The third kappa shape index (κ3) is 2.72. The van der Waals surface area contributed by atoms with Gasteiger partial charge in [0.25, 0.3) is 0 Å². The Morgan fingerprint density at radius 1 is 1.33 bits per heavy atom. The lowest BCUT2D eigenvalue weighted by molar-refractivity contribution is 0.577. The van der Waals surface area contributed by atoms with Crippen molar-refractivity contribution in [1.29, 1.82) is 0 Å². The molecule has 3 heterocycles. The minimum Gasteiger partial charge on any atom is -0.461 e. The predicted octanol–water partition coefficient (Wildman–Crippen LogP) is 2.74. The van der Waals surface area contributed by atoms with E-state index in [1.807, 2.05) is 0 Å². The molecule has 6 heteroatoms. The van der Waals surface area contributed by atoms with E-state index in [2.05, 4.69) is 38.7 Å². The fourth-order valence-corrected chi connectivity index (χ4v) is 1.91. The summed E-state index contributed by atoms with van der Waals surface area (Å²) in [6.07, 6.45) is 4.63. The van der Waals surface area contributed by atoms with E-state index >= 15 is 0 Å². The number of anilines is 1. The van der Waals surface area contributed by atoms with Gasteiger partial charge in [0, 0.05) is 6.42 Å². The molecule has 0 bridgehead atoms. The van der Waals surface area contributed by atoms with Crippen LogP contribution in [0, 0.1) is 11.8 Å². The van der Waals surface area contributed by atoms with Crippen molar-refractivity contribution in [2.75, 3.05) is 5.73 Å². The number of nitrogens with one attached hydrogen (secondary N) is 1. The van der Waals surface area contributed by atoms with E-state index in [0.29, 0.717) is 34.4 Å². The molecule has 0 unspecified atom stereocenters. The van der Waals surface area contributed by atoms with Crippen LogP contribution >= 0.6 is 0 Å². The first-order chi connectivity index (χ1) is 10.3. The number of imidazole rings is 1. The summed E-state index contributed by atoms with van der Waals surface area (Å²) in [5.41, 5.74) is 7.03. The Hall–Kier alpha value is -2.81. The number of H-pyrrole nitrogens is 1. The van der Waals surface area contributed by atoms with Crippen LogP contribution in [0.25, 0.3) is 22.7 Å². The highest BCUT2D eigenvalue weighted by Crippen LogP contribution is 2.21. The molecule has 0 saturated carbocycles. The lowest BCUT2D eigenvalue weighted by Gasteiger charge is -1.97. The molecule has 6 nitrogen and oxygen atoms in total. The summed E-state index contributed by atoms with van der Waals surface area (Å²) in [6, 6.07) is 3.55. The first-order valence-corrected chi connectivity index (χ1v) is 6.84. The number of aromatic nitrogens is 4. The summed E-state index contributed by atoms with van der Waals surface area (Å²) in [5.74, 6) is 7.92. The van der Waals surface area contributed by atoms with E-state index in [9.17, 15) is 0 Å². The maximum Gasteiger partial charge on any atom is 0.199 e. The number of nitrogens with two attached hydrogens (primary N) is 1. The van der Waals surface area contributed by atoms with Crippen molar-refractivity contribution in [1.82, 2.24) is 19.9 Å². The Morgan fingerprint density at radius 2 is 2.24 bits per heavy atom. The molecule has 0 atom stereocenters. The third-order valence-electron chi connectivity index (χ3n) is 2.98. The zero-order valence-electron chi connectivity index (χ0n) is 11.7. The van der Waals surface area contributed by atoms with Gasteiger partial charge in [0.2, 0.25) is 0 Å². The second kappa shape index (κ2) is 5.67. The maximum atomic E-state index is 5.93. The van der Waals surface area contributed by atoms with Crippen LogP contribution in [-0.4, -0.2) is 19.9 Å². The molecule has 0 spiro atoms. The molecule has 21 heavy (non-hydrogen) atoms. The summed E-state index contributed by atoms with van der Waals surface area (Å²) >= 11 is 0. The Kier molecular flexibility index (Phi) is 3.56. The Labute approximate surface area is 121 Å². The predicted molar refractivity (Wildman–Crippen MR) is 80.2 cm³/mol. The number of rotatable bonds is 3. The van der Waals surface area contributed by atoms with Crippen LogP contribution in [0.3, 0.4) is 0 Å². The molecule has 0 amide bonds. The van der Waals surface area contributed by atoms with Gasteiger partial charge < -0.3 is 15.1 Å². The number of fused-ring (bicyclic) bond motifs is 1. The number of nitrogens with zero attached hydrogens (tertiary/aromatic N) is 3. The SMILES string of the molecule is CCCCC#Cc1nc2c(N)nc(-c3ccco3)nc2[nH]1. The highest BCUT2D eigenvalue weighted by molar-refractivity contribution is 5.83. The van der Waals surface area contributed by atoms with Crippen LogP contribution < -0.4 is 5.73 Å². The van der Waals surface area contributed by atoms with E-state index in [1.165, 1.54) is 0 Å². The van der Waals surface area contributed by atoms with Crippen LogP contribution in [0.5, 0.6) is 0 Å². The number of nitrogen functional groups attached to an aromatic ring is 1. The van der Waals surface area contributed by atoms with Gasteiger partial charge in [-0.1, -0.05) is 19.3 Å². The molecule has 0 radical (unpaired) electrons. The second-order valence-electron chi connectivity index (χ2n) is 4.60. The molecule has 0 fully saturated rings. The Balaban J connectivity index is 1.97. The van der Waals surface area contributed by atoms with Crippen molar-refractivity contribution in [3.63, 3.8) is 0 Å². The van der Waals surface area contributed by atoms with Gasteiger partial charge in [0.05, 0.1) is 6.26 Å². The summed E-state index contributed by atoms with van der Waals surface area (Å²) in [4.78, 5) is 16.0. The van der Waals surface area contributed by atoms with Crippen molar-refractivity contribution in [3.05, 3.63) is 24.2 Å². The monoisotopic (exact) mass is 281 g/mol. The Morgan fingerprint density at radius 3 is 3.00 bits per heavy atom. The zero-order chi connectivity index (χ0) is 14.7. The van der Waals surface area contributed by atoms with Crippen LogP contribution in [-0.2, 0) is 0 Å². The minimum absolute atomic E-state index is 0.309. The summed E-state index contributed by atoms with van der Waals surface area (Å²) in [7, 11) is 0. The summed E-state index contributed by atoms with van der Waals surface area (Å²) < 4.78 is 5.28. The second-order valence-corrected chi connectivity index (χ2v) is 4.60. The van der Waals surface area contributed by atoms with E-state index < -0.39 is 0 Å². The molecular formula is C15H15N5O. The molecule has 3 aromatic heterocycles. The van der Waals surface area contributed by atoms with Gasteiger partial charge >= 0.3 is 0 Å². The average Bonchev–Trinajstić information content (AvgIpc) is 3.12.